The number of ether oxygens (including phenoxy) is 2. The summed E-state index contributed by atoms with van der Waals surface area (Å²) in [6.07, 6.45) is -1.60. The van der Waals surface area contributed by atoms with Gasteiger partial charge in [-0.25, -0.2) is 4.79 Å². The monoisotopic (exact) mass is 295 g/mol. The first-order valence-corrected chi connectivity index (χ1v) is 6.56. The molecular weight excluding hydrogens is 274 g/mol. The first-order valence-electron chi connectivity index (χ1n) is 6.56. The lowest BCUT2D eigenvalue weighted by Gasteiger charge is -2.19. The fourth-order valence-corrected chi connectivity index (χ4v) is 1.57. The Balaban J connectivity index is 2.62. The molecule has 1 amide bonds. The minimum atomic E-state index is -0.937. The molecule has 0 radical (unpaired) electrons. The Kier molecular flexibility index (Phi) is 5.72. The van der Waals surface area contributed by atoms with E-state index in [0.717, 1.165) is 0 Å². The van der Waals surface area contributed by atoms with Gasteiger partial charge in [0, 0.05) is 5.69 Å². The van der Waals surface area contributed by atoms with Crippen LogP contribution in [0.3, 0.4) is 0 Å². The van der Waals surface area contributed by atoms with Crippen molar-refractivity contribution < 1.29 is 24.2 Å². The van der Waals surface area contributed by atoms with E-state index in [9.17, 15) is 14.7 Å². The number of carbonyl (C=O) groups excluding carboxylic acids is 2. The summed E-state index contributed by atoms with van der Waals surface area (Å²) in [7, 11) is 1.27. The number of esters is 1. The maximum absolute atomic E-state index is 11.6. The van der Waals surface area contributed by atoms with Gasteiger partial charge in [0.25, 0.3) is 0 Å². The maximum Gasteiger partial charge on any atom is 0.412 e. The van der Waals surface area contributed by atoms with Crippen molar-refractivity contribution >= 4 is 17.7 Å². The topological polar surface area (TPSA) is 84.9 Å². The zero-order valence-corrected chi connectivity index (χ0v) is 12.7. The van der Waals surface area contributed by atoms with E-state index in [0.29, 0.717) is 11.3 Å². The average Bonchev–Trinajstić information content (AvgIpc) is 2.36. The Morgan fingerprint density at radius 3 is 2.29 bits per heavy atom. The summed E-state index contributed by atoms with van der Waals surface area (Å²) in [5, 5.41) is 12.4. The van der Waals surface area contributed by atoms with Crippen LogP contribution in [0.4, 0.5) is 10.5 Å². The molecule has 0 spiro atoms. The van der Waals surface area contributed by atoms with E-state index in [-0.39, 0.29) is 6.42 Å². The summed E-state index contributed by atoms with van der Waals surface area (Å²) in [4.78, 5) is 22.7. The van der Waals surface area contributed by atoms with Crippen LogP contribution < -0.4 is 5.32 Å². The molecule has 116 valence electrons. The van der Waals surface area contributed by atoms with Crippen molar-refractivity contribution in [2.45, 2.75) is 38.9 Å². The van der Waals surface area contributed by atoms with Crippen LogP contribution >= 0.6 is 0 Å². The molecule has 1 unspecified atom stereocenters. The molecule has 0 bridgehead atoms. The third-order valence-corrected chi connectivity index (χ3v) is 2.53. The number of benzene rings is 1. The highest BCUT2D eigenvalue weighted by molar-refractivity contribution is 5.84. The number of aliphatic hydroxyl groups excluding tert-OH is 1. The molecule has 6 nitrogen and oxygen atoms in total. The van der Waals surface area contributed by atoms with Crippen LogP contribution in [-0.4, -0.2) is 29.9 Å². The molecule has 0 saturated carbocycles. The maximum atomic E-state index is 11.6. The van der Waals surface area contributed by atoms with E-state index >= 15 is 0 Å². The Hall–Kier alpha value is -2.08. The zero-order chi connectivity index (χ0) is 16.0. The molecule has 6 heteroatoms. The van der Waals surface area contributed by atoms with Crippen molar-refractivity contribution in [1.29, 1.82) is 0 Å². The Labute approximate surface area is 124 Å². The van der Waals surface area contributed by atoms with Crippen LogP contribution in [0.5, 0.6) is 0 Å². The predicted octanol–water partition coefficient (Wildman–Crippen LogP) is 2.63. The third-order valence-electron chi connectivity index (χ3n) is 2.53. The SMILES string of the molecule is COC(=O)CC(O)c1ccc(NC(=O)OC(C)(C)C)cc1. The highest BCUT2D eigenvalue weighted by Crippen LogP contribution is 2.20. The predicted molar refractivity (Wildman–Crippen MR) is 77.9 cm³/mol. The van der Waals surface area contributed by atoms with Gasteiger partial charge in [-0.2, -0.15) is 0 Å². The third kappa shape index (κ3) is 6.27. The van der Waals surface area contributed by atoms with Crippen LogP contribution in [0.25, 0.3) is 0 Å². The van der Waals surface area contributed by atoms with Crippen molar-refractivity contribution in [2.24, 2.45) is 0 Å². The standard InChI is InChI=1S/C15H21NO5/c1-15(2,3)21-14(19)16-11-7-5-10(6-8-11)12(17)9-13(18)20-4/h5-8,12,17H,9H2,1-4H3,(H,16,19). The highest BCUT2D eigenvalue weighted by Gasteiger charge is 2.17. The number of rotatable bonds is 4. The molecular formula is C15H21NO5. The molecule has 0 aromatic heterocycles. The quantitative estimate of drug-likeness (QED) is 0.834. The molecule has 0 aliphatic heterocycles. The molecule has 0 fully saturated rings. The summed E-state index contributed by atoms with van der Waals surface area (Å²) in [5.41, 5.74) is 0.536. The van der Waals surface area contributed by atoms with Gasteiger partial charge in [0.1, 0.15) is 5.60 Å². The molecule has 0 saturated heterocycles. The number of hydrogen-bond acceptors (Lipinski definition) is 5. The van der Waals surface area contributed by atoms with Gasteiger partial charge < -0.3 is 14.6 Å². The lowest BCUT2D eigenvalue weighted by Crippen LogP contribution is -2.27. The molecule has 0 aliphatic carbocycles. The van der Waals surface area contributed by atoms with Crippen molar-refractivity contribution in [3.63, 3.8) is 0 Å². The van der Waals surface area contributed by atoms with Crippen molar-refractivity contribution in [3.05, 3.63) is 29.8 Å². The normalized spacial score (nSPS) is 12.4. The smallest absolute Gasteiger partial charge is 0.412 e. The van der Waals surface area contributed by atoms with Crippen LogP contribution in [0.2, 0.25) is 0 Å². The van der Waals surface area contributed by atoms with Gasteiger partial charge in [-0.15, -0.1) is 0 Å². The first-order chi connectivity index (χ1) is 9.71. The van der Waals surface area contributed by atoms with Crippen LogP contribution in [0, 0.1) is 0 Å². The van der Waals surface area contributed by atoms with E-state index in [4.69, 9.17) is 4.74 Å². The fourth-order valence-electron chi connectivity index (χ4n) is 1.57. The molecule has 1 rings (SSSR count). The largest absolute Gasteiger partial charge is 0.469 e. The van der Waals surface area contributed by atoms with Crippen LogP contribution in [0.15, 0.2) is 24.3 Å². The van der Waals surface area contributed by atoms with Crippen LogP contribution in [0.1, 0.15) is 38.9 Å². The summed E-state index contributed by atoms with van der Waals surface area (Å²) in [5.74, 6) is -0.488. The van der Waals surface area contributed by atoms with Gasteiger partial charge in [0.15, 0.2) is 0 Å². The minimum absolute atomic E-state index is 0.116. The van der Waals surface area contributed by atoms with Gasteiger partial charge in [0.05, 0.1) is 19.6 Å². The van der Waals surface area contributed by atoms with Gasteiger partial charge in [-0.3, -0.25) is 10.1 Å². The molecule has 1 aromatic rings. The average molecular weight is 295 g/mol. The second-order valence-corrected chi connectivity index (χ2v) is 5.54. The molecule has 2 N–H and O–H groups in total. The Morgan fingerprint density at radius 2 is 1.81 bits per heavy atom. The second-order valence-electron chi connectivity index (χ2n) is 5.54. The summed E-state index contributed by atoms with van der Waals surface area (Å²) in [6.45, 7) is 5.33. The van der Waals surface area contributed by atoms with Crippen molar-refractivity contribution in [3.8, 4) is 0 Å². The molecule has 1 atom stereocenters. The number of aliphatic hydroxyl groups is 1. The number of hydrogen-bond donors (Lipinski definition) is 2. The number of carbonyl (C=O) groups is 2. The molecule has 0 heterocycles. The summed E-state index contributed by atoms with van der Waals surface area (Å²) in [6, 6.07) is 6.50. The second kappa shape index (κ2) is 7.08. The number of methoxy groups -OCH3 is 1. The van der Waals surface area contributed by atoms with E-state index in [1.54, 1.807) is 45.0 Å². The van der Waals surface area contributed by atoms with Crippen LogP contribution in [-0.2, 0) is 14.3 Å². The van der Waals surface area contributed by atoms with Gasteiger partial charge >= 0.3 is 12.1 Å². The van der Waals surface area contributed by atoms with E-state index in [1.165, 1.54) is 7.11 Å². The first kappa shape index (κ1) is 17.0. The highest BCUT2D eigenvalue weighted by atomic mass is 16.6. The number of nitrogens with one attached hydrogen (secondary N) is 1. The van der Waals surface area contributed by atoms with E-state index < -0.39 is 23.8 Å². The number of amides is 1. The zero-order valence-electron chi connectivity index (χ0n) is 12.7. The van der Waals surface area contributed by atoms with Crippen molar-refractivity contribution in [1.82, 2.24) is 0 Å². The van der Waals surface area contributed by atoms with Gasteiger partial charge in [0.2, 0.25) is 0 Å². The van der Waals surface area contributed by atoms with Crippen molar-refractivity contribution in [2.75, 3.05) is 12.4 Å². The molecule has 1 aromatic carbocycles. The van der Waals surface area contributed by atoms with E-state index in [2.05, 4.69) is 10.1 Å². The Morgan fingerprint density at radius 1 is 1.24 bits per heavy atom. The lowest BCUT2D eigenvalue weighted by atomic mass is 10.1. The minimum Gasteiger partial charge on any atom is -0.469 e. The number of anilines is 1. The summed E-state index contributed by atoms with van der Waals surface area (Å²) >= 11 is 0. The van der Waals surface area contributed by atoms with E-state index in [1.807, 2.05) is 0 Å². The summed E-state index contributed by atoms with van der Waals surface area (Å²) < 4.78 is 9.62. The fraction of sp³-hybridized carbons (Fsp3) is 0.467. The van der Waals surface area contributed by atoms with Gasteiger partial charge in [-0.05, 0) is 38.5 Å². The van der Waals surface area contributed by atoms with Gasteiger partial charge in [-0.1, -0.05) is 12.1 Å². The lowest BCUT2D eigenvalue weighted by molar-refractivity contribution is -0.142. The Bertz CT molecular complexity index is 490. The molecule has 0 aliphatic rings. The molecule has 21 heavy (non-hydrogen) atoms.